The molecule has 1 amide bonds. The van der Waals surface area contributed by atoms with Gasteiger partial charge in [0.05, 0.1) is 0 Å². The molecule has 0 unspecified atom stereocenters. The summed E-state index contributed by atoms with van der Waals surface area (Å²) >= 11 is 1.66. The van der Waals surface area contributed by atoms with Crippen LogP contribution in [-0.4, -0.2) is 30.8 Å². The molecule has 1 atom stereocenters. The highest BCUT2D eigenvalue weighted by Gasteiger charge is 2.29. The van der Waals surface area contributed by atoms with Crippen LogP contribution in [0.1, 0.15) is 18.1 Å². The van der Waals surface area contributed by atoms with E-state index in [-0.39, 0.29) is 5.91 Å². The average molecular weight is 367 g/mol. The van der Waals surface area contributed by atoms with Crippen molar-refractivity contribution in [2.45, 2.75) is 24.3 Å². The molecule has 2 aromatic rings. The number of benzene rings is 2. The number of para-hydroxylation sites is 1. The highest BCUT2D eigenvalue weighted by Crippen LogP contribution is 2.28. The Morgan fingerprint density at radius 3 is 2.62 bits per heavy atom. The summed E-state index contributed by atoms with van der Waals surface area (Å²) in [5, 5.41) is 0. The number of fused-ring (bicyclic) bond motifs is 1. The summed E-state index contributed by atoms with van der Waals surface area (Å²) in [4.78, 5) is 27.5. The van der Waals surface area contributed by atoms with Crippen molar-refractivity contribution in [3.8, 4) is 0 Å². The second kappa shape index (κ2) is 8.23. The Kier molecular flexibility index (Phi) is 5.78. The molecule has 1 aliphatic rings. The zero-order chi connectivity index (χ0) is 18.5. The topological polar surface area (TPSA) is 46.6 Å². The van der Waals surface area contributed by atoms with E-state index in [1.165, 1.54) is 6.08 Å². The molecule has 0 aromatic heterocycles. The molecule has 0 fully saturated rings. The van der Waals surface area contributed by atoms with Crippen LogP contribution >= 0.6 is 11.8 Å². The Bertz CT molecular complexity index is 829. The third-order valence-corrected chi connectivity index (χ3v) is 5.07. The summed E-state index contributed by atoms with van der Waals surface area (Å²) in [5.41, 5.74) is 2.96. The SMILES string of the molecule is CSc1ccc(/C=C/C(=O)O[C@H](C)C(=O)N2CCc3ccccc32)cc1. The number of hydrogen-bond acceptors (Lipinski definition) is 4. The predicted molar refractivity (Wildman–Crippen MR) is 105 cm³/mol. The van der Waals surface area contributed by atoms with Crippen molar-refractivity contribution in [2.24, 2.45) is 0 Å². The second-order valence-corrected chi connectivity index (χ2v) is 6.93. The Balaban J connectivity index is 1.58. The lowest BCUT2D eigenvalue weighted by molar-refractivity contribution is -0.149. The number of carbonyl (C=O) groups excluding carboxylic acids is 2. The number of ether oxygens (including phenoxy) is 1. The fourth-order valence-electron chi connectivity index (χ4n) is 2.93. The zero-order valence-electron chi connectivity index (χ0n) is 14.8. The molecule has 3 rings (SSSR count). The maximum atomic E-state index is 12.6. The van der Waals surface area contributed by atoms with E-state index in [4.69, 9.17) is 4.74 Å². The first-order chi connectivity index (χ1) is 12.6. The number of anilines is 1. The maximum absolute atomic E-state index is 12.6. The van der Waals surface area contributed by atoms with Gasteiger partial charge in [-0.15, -0.1) is 11.8 Å². The van der Waals surface area contributed by atoms with Crippen molar-refractivity contribution in [1.29, 1.82) is 0 Å². The number of rotatable bonds is 5. The van der Waals surface area contributed by atoms with E-state index >= 15 is 0 Å². The number of nitrogens with zero attached hydrogens (tertiary/aromatic N) is 1. The first kappa shape index (κ1) is 18.3. The third kappa shape index (κ3) is 4.17. The van der Waals surface area contributed by atoms with Crippen LogP contribution in [0.2, 0.25) is 0 Å². The smallest absolute Gasteiger partial charge is 0.331 e. The molecule has 0 radical (unpaired) electrons. The van der Waals surface area contributed by atoms with Crippen LogP contribution in [-0.2, 0) is 20.7 Å². The zero-order valence-corrected chi connectivity index (χ0v) is 15.7. The lowest BCUT2D eigenvalue weighted by atomic mass is 10.2. The summed E-state index contributed by atoms with van der Waals surface area (Å²) < 4.78 is 5.29. The molecule has 1 aliphatic heterocycles. The number of hydrogen-bond donors (Lipinski definition) is 0. The fourth-order valence-corrected chi connectivity index (χ4v) is 3.34. The van der Waals surface area contributed by atoms with Crippen LogP contribution in [0.3, 0.4) is 0 Å². The summed E-state index contributed by atoms with van der Waals surface area (Å²) in [5.74, 6) is -0.715. The van der Waals surface area contributed by atoms with Gasteiger partial charge in [-0.3, -0.25) is 4.79 Å². The van der Waals surface area contributed by atoms with Crippen molar-refractivity contribution in [3.63, 3.8) is 0 Å². The van der Waals surface area contributed by atoms with Gasteiger partial charge in [0, 0.05) is 23.2 Å². The molecule has 0 spiro atoms. The highest BCUT2D eigenvalue weighted by atomic mass is 32.2. The van der Waals surface area contributed by atoms with Gasteiger partial charge in [-0.25, -0.2) is 4.79 Å². The molecular formula is C21H21NO3S. The molecule has 1 heterocycles. The van der Waals surface area contributed by atoms with Gasteiger partial charge in [0.1, 0.15) is 0 Å². The minimum atomic E-state index is -0.822. The van der Waals surface area contributed by atoms with Crippen LogP contribution in [0.25, 0.3) is 6.08 Å². The lowest BCUT2D eigenvalue weighted by Gasteiger charge is -2.21. The van der Waals surface area contributed by atoms with E-state index in [1.807, 2.05) is 54.8 Å². The largest absolute Gasteiger partial charge is 0.449 e. The van der Waals surface area contributed by atoms with Crippen molar-refractivity contribution < 1.29 is 14.3 Å². The van der Waals surface area contributed by atoms with Crippen molar-refractivity contribution >= 4 is 35.4 Å². The van der Waals surface area contributed by atoms with E-state index < -0.39 is 12.1 Å². The summed E-state index contributed by atoms with van der Waals surface area (Å²) in [6, 6.07) is 15.7. The van der Waals surface area contributed by atoms with E-state index in [0.717, 1.165) is 28.1 Å². The first-order valence-electron chi connectivity index (χ1n) is 8.50. The van der Waals surface area contributed by atoms with Crippen molar-refractivity contribution in [2.75, 3.05) is 17.7 Å². The lowest BCUT2D eigenvalue weighted by Crippen LogP contribution is -2.38. The van der Waals surface area contributed by atoms with Gasteiger partial charge >= 0.3 is 5.97 Å². The van der Waals surface area contributed by atoms with Crippen molar-refractivity contribution in [1.82, 2.24) is 0 Å². The van der Waals surface area contributed by atoms with Crippen LogP contribution in [0, 0.1) is 0 Å². The van der Waals surface area contributed by atoms with Crippen LogP contribution in [0.5, 0.6) is 0 Å². The predicted octanol–water partition coefficient (Wildman–Crippen LogP) is 3.94. The van der Waals surface area contributed by atoms with E-state index in [0.29, 0.717) is 6.54 Å². The quantitative estimate of drug-likeness (QED) is 0.456. The minimum absolute atomic E-state index is 0.193. The summed E-state index contributed by atoms with van der Waals surface area (Å²) in [6.07, 6.45) is 5.07. The van der Waals surface area contributed by atoms with Gasteiger partial charge in [0.2, 0.25) is 0 Å². The van der Waals surface area contributed by atoms with E-state index in [1.54, 1.807) is 29.7 Å². The molecule has 0 N–H and O–H groups in total. The van der Waals surface area contributed by atoms with Gasteiger partial charge in [-0.05, 0) is 55.0 Å². The average Bonchev–Trinajstić information content (AvgIpc) is 3.10. The molecule has 134 valence electrons. The molecule has 26 heavy (non-hydrogen) atoms. The maximum Gasteiger partial charge on any atom is 0.331 e. The molecule has 0 aliphatic carbocycles. The fraction of sp³-hybridized carbons (Fsp3) is 0.238. The van der Waals surface area contributed by atoms with Gasteiger partial charge in [0.15, 0.2) is 6.10 Å². The summed E-state index contributed by atoms with van der Waals surface area (Å²) in [6.45, 7) is 2.24. The first-order valence-corrected chi connectivity index (χ1v) is 9.73. The third-order valence-electron chi connectivity index (χ3n) is 4.32. The van der Waals surface area contributed by atoms with Gasteiger partial charge in [-0.2, -0.15) is 0 Å². The van der Waals surface area contributed by atoms with Gasteiger partial charge in [-0.1, -0.05) is 30.3 Å². The molecular weight excluding hydrogens is 346 g/mol. The van der Waals surface area contributed by atoms with Gasteiger partial charge in [0.25, 0.3) is 5.91 Å². The molecule has 0 saturated heterocycles. The second-order valence-electron chi connectivity index (χ2n) is 6.05. The van der Waals surface area contributed by atoms with Gasteiger partial charge < -0.3 is 9.64 Å². The van der Waals surface area contributed by atoms with E-state index in [9.17, 15) is 9.59 Å². The highest BCUT2D eigenvalue weighted by molar-refractivity contribution is 7.98. The van der Waals surface area contributed by atoms with E-state index in [2.05, 4.69) is 0 Å². The molecule has 4 nitrogen and oxygen atoms in total. The number of esters is 1. The number of thioether (sulfide) groups is 1. The van der Waals surface area contributed by atoms with Crippen molar-refractivity contribution in [3.05, 3.63) is 65.7 Å². The van der Waals surface area contributed by atoms with Crippen LogP contribution in [0.4, 0.5) is 5.69 Å². The monoisotopic (exact) mass is 367 g/mol. The summed E-state index contributed by atoms with van der Waals surface area (Å²) in [7, 11) is 0. The van der Waals surface area contributed by atoms with Crippen LogP contribution in [0.15, 0.2) is 59.5 Å². The number of carbonyl (C=O) groups is 2. The Morgan fingerprint density at radius 2 is 1.88 bits per heavy atom. The normalized spacial score (nSPS) is 14.3. The molecule has 0 bridgehead atoms. The molecule has 5 heteroatoms. The molecule has 2 aromatic carbocycles. The number of amides is 1. The minimum Gasteiger partial charge on any atom is -0.449 e. The Morgan fingerprint density at radius 1 is 1.15 bits per heavy atom. The van der Waals surface area contributed by atoms with Crippen LogP contribution < -0.4 is 4.90 Å². The molecule has 0 saturated carbocycles. The Hall–Kier alpha value is -2.53. The standard InChI is InChI=1S/C21H21NO3S/c1-15(21(24)22-14-13-17-5-3-4-6-19(17)22)25-20(23)12-9-16-7-10-18(26-2)11-8-16/h3-12,15H,13-14H2,1-2H3/b12-9+/t15-/m1/s1. The Labute approximate surface area is 157 Å².